The zero-order valence-electron chi connectivity index (χ0n) is 12.0. The molecular weight excluding hydrogens is 285 g/mol. The molecular formula is C13H20FNO4S. The zero-order chi connectivity index (χ0) is 15.6. The predicted octanol–water partition coefficient (Wildman–Crippen LogP) is 1.33. The number of ether oxygens (including phenoxy) is 1. The summed E-state index contributed by atoms with van der Waals surface area (Å²) in [5.74, 6) is -0.664. The third-order valence-corrected chi connectivity index (χ3v) is 4.60. The highest BCUT2D eigenvalue weighted by molar-refractivity contribution is 7.89. The summed E-state index contributed by atoms with van der Waals surface area (Å²) in [6, 6.07) is 2.38. The van der Waals surface area contributed by atoms with Crippen molar-refractivity contribution in [3.63, 3.8) is 0 Å². The van der Waals surface area contributed by atoms with E-state index in [4.69, 9.17) is 9.84 Å². The van der Waals surface area contributed by atoms with E-state index >= 15 is 0 Å². The summed E-state index contributed by atoms with van der Waals surface area (Å²) in [7, 11) is -2.39. The highest BCUT2D eigenvalue weighted by atomic mass is 32.2. The second kappa shape index (κ2) is 6.17. The first-order valence-corrected chi connectivity index (χ1v) is 7.56. The van der Waals surface area contributed by atoms with Crippen LogP contribution in [0.4, 0.5) is 4.39 Å². The van der Waals surface area contributed by atoms with Crippen molar-refractivity contribution >= 4 is 10.0 Å². The van der Waals surface area contributed by atoms with Crippen LogP contribution in [0.25, 0.3) is 0 Å². The van der Waals surface area contributed by atoms with Crippen LogP contribution >= 0.6 is 0 Å². The lowest BCUT2D eigenvalue weighted by Gasteiger charge is -2.23. The van der Waals surface area contributed by atoms with Crippen molar-refractivity contribution in [1.29, 1.82) is 0 Å². The van der Waals surface area contributed by atoms with E-state index in [-0.39, 0.29) is 22.6 Å². The molecule has 0 spiro atoms. The second-order valence-corrected chi connectivity index (χ2v) is 6.88. The Morgan fingerprint density at radius 1 is 1.40 bits per heavy atom. The molecule has 0 amide bonds. The molecule has 0 aliphatic carbocycles. The van der Waals surface area contributed by atoms with Gasteiger partial charge in [0.2, 0.25) is 10.0 Å². The molecule has 7 heteroatoms. The summed E-state index contributed by atoms with van der Waals surface area (Å²) in [5, 5.41) is 9.04. The first kappa shape index (κ1) is 17.0. The van der Waals surface area contributed by atoms with E-state index in [1.165, 1.54) is 20.1 Å². The van der Waals surface area contributed by atoms with Gasteiger partial charge in [0.05, 0.1) is 17.1 Å². The van der Waals surface area contributed by atoms with Gasteiger partial charge in [-0.1, -0.05) is 0 Å². The van der Waals surface area contributed by atoms with E-state index in [0.29, 0.717) is 0 Å². The number of aliphatic hydroxyl groups is 1. The molecule has 1 aromatic carbocycles. The molecule has 0 radical (unpaired) electrons. The highest BCUT2D eigenvalue weighted by Crippen LogP contribution is 2.21. The summed E-state index contributed by atoms with van der Waals surface area (Å²) in [6.07, 6.45) is 0. The van der Waals surface area contributed by atoms with Crippen LogP contribution in [0.1, 0.15) is 25.0 Å². The van der Waals surface area contributed by atoms with E-state index < -0.39 is 28.0 Å². The molecule has 5 nitrogen and oxygen atoms in total. The summed E-state index contributed by atoms with van der Waals surface area (Å²) in [6.45, 7) is 4.46. The quantitative estimate of drug-likeness (QED) is 0.831. The normalized spacial score (nSPS) is 12.7. The minimum atomic E-state index is -3.87. The van der Waals surface area contributed by atoms with Gasteiger partial charge in [0.15, 0.2) is 0 Å². The number of halogens is 1. The summed E-state index contributed by atoms with van der Waals surface area (Å²) >= 11 is 0. The van der Waals surface area contributed by atoms with E-state index in [0.717, 1.165) is 6.07 Å². The Hall–Kier alpha value is -1.02. The number of sulfonamides is 1. The molecule has 114 valence electrons. The maximum absolute atomic E-state index is 13.7. The Morgan fingerprint density at radius 3 is 2.50 bits per heavy atom. The zero-order valence-corrected chi connectivity index (χ0v) is 12.8. The molecule has 0 saturated carbocycles. The van der Waals surface area contributed by atoms with Gasteiger partial charge in [0.25, 0.3) is 0 Å². The van der Waals surface area contributed by atoms with Gasteiger partial charge < -0.3 is 9.84 Å². The first-order chi connectivity index (χ1) is 9.13. The topological polar surface area (TPSA) is 75.6 Å². The largest absolute Gasteiger partial charge is 0.392 e. The minimum Gasteiger partial charge on any atom is -0.392 e. The molecule has 0 aliphatic rings. The Balaban J connectivity index is 3.13. The summed E-state index contributed by atoms with van der Waals surface area (Å²) in [5.41, 5.74) is -0.446. The van der Waals surface area contributed by atoms with Gasteiger partial charge in [-0.15, -0.1) is 0 Å². The lowest BCUT2D eigenvalue weighted by Crippen LogP contribution is -2.39. The molecule has 20 heavy (non-hydrogen) atoms. The molecule has 0 aromatic heterocycles. The third-order valence-electron chi connectivity index (χ3n) is 3.07. The number of rotatable bonds is 6. The van der Waals surface area contributed by atoms with Gasteiger partial charge in [-0.25, -0.2) is 17.5 Å². The molecule has 0 bridgehead atoms. The van der Waals surface area contributed by atoms with E-state index in [2.05, 4.69) is 4.72 Å². The third kappa shape index (κ3) is 3.99. The molecule has 0 heterocycles. The van der Waals surface area contributed by atoms with Crippen molar-refractivity contribution in [1.82, 2.24) is 4.72 Å². The number of aliphatic hydroxyl groups excluding tert-OH is 1. The average Bonchev–Trinajstić information content (AvgIpc) is 2.39. The number of hydrogen-bond donors (Lipinski definition) is 2. The van der Waals surface area contributed by atoms with Crippen molar-refractivity contribution < 1.29 is 22.7 Å². The monoisotopic (exact) mass is 305 g/mol. The fourth-order valence-corrected chi connectivity index (χ4v) is 3.00. The molecule has 0 saturated heterocycles. The molecule has 1 rings (SSSR count). The van der Waals surface area contributed by atoms with Gasteiger partial charge in [-0.2, -0.15) is 0 Å². The molecule has 2 N–H and O–H groups in total. The van der Waals surface area contributed by atoms with Gasteiger partial charge in [0, 0.05) is 19.2 Å². The molecule has 1 aromatic rings. The lowest BCUT2D eigenvalue weighted by molar-refractivity contribution is 0.0276. The Bertz CT molecular complexity index is 584. The van der Waals surface area contributed by atoms with Crippen LogP contribution in [0, 0.1) is 12.7 Å². The summed E-state index contributed by atoms with van der Waals surface area (Å²) < 4.78 is 45.6. The number of hydrogen-bond acceptors (Lipinski definition) is 4. The minimum absolute atomic E-state index is 0.0184. The second-order valence-electron chi connectivity index (χ2n) is 5.15. The highest BCUT2D eigenvalue weighted by Gasteiger charge is 2.24. The van der Waals surface area contributed by atoms with Gasteiger partial charge >= 0.3 is 0 Å². The van der Waals surface area contributed by atoms with Crippen molar-refractivity contribution in [2.45, 2.75) is 37.9 Å². The molecule has 0 unspecified atom stereocenters. The Labute approximate surface area is 118 Å². The average molecular weight is 305 g/mol. The van der Waals surface area contributed by atoms with Gasteiger partial charge in [-0.3, -0.25) is 0 Å². The van der Waals surface area contributed by atoms with Crippen molar-refractivity contribution in [2.75, 3.05) is 13.7 Å². The number of methoxy groups -OCH3 is 1. The number of nitrogens with one attached hydrogen (secondary N) is 1. The Morgan fingerprint density at radius 2 is 2.00 bits per heavy atom. The van der Waals surface area contributed by atoms with E-state index in [1.807, 2.05) is 0 Å². The van der Waals surface area contributed by atoms with Crippen LogP contribution in [0.3, 0.4) is 0 Å². The fraction of sp³-hybridized carbons (Fsp3) is 0.538. The first-order valence-electron chi connectivity index (χ1n) is 6.07. The van der Waals surface area contributed by atoms with Crippen molar-refractivity contribution in [2.24, 2.45) is 0 Å². The van der Waals surface area contributed by atoms with Gasteiger partial charge in [0.1, 0.15) is 5.82 Å². The van der Waals surface area contributed by atoms with Crippen molar-refractivity contribution in [3.05, 3.63) is 29.1 Å². The van der Waals surface area contributed by atoms with E-state index in [1.54, 1.807) is 13.8 Å². The van der Waals surface area contributed by atoms with Crippen LogP contribution in [-0.2, 0) is 21.4 Å². The SMILES string of the molecule is COC(C)(C)CNS(=O)(=O)c1cc(CO)cc(F)c1C. The molecule has 0 atom stereocenters. The molecule has 0 fully saturated rings. The summed E-state index contributed by atoms with van der Waals surface area (Å²) in [4.78, 5) is -0.173. The van der Waals surface area contributed by atoms with Gasteiger partial charge in [-0.05, 0) is 38.5 Å². The van der Waals surface area contributed by atoms with Crippen molar-refractivity contribution in [3.8, 4) is 0 Å². The van der Waals surface area contributed by atoms with Crippen LogP contribution in [0.2, 0.25) is 0 Å². The maximum Gasteiger partial charge on any atom is 0.241 e. The van der Waals surface area contributed by atoms with E-state index in [9.17, 15) is 12.8 Å². The Kier molecular flexibility index (Phi) is 5.26. The molecule has 0 aliphatic heterocycles. The van der Waals surface area contributed by atoms with Crippen LogP contribution in [-0.4, -0.2) is 32.8 Å². The fourth-order valence-electron chi connectivity index (χ4n) is 1.50. The number of benzene rings is 1. The van der Waals surface area contributed by atoms with Crippen LogP contribution < -0.4 is 4.72 Å². The standard InChI is InChI=1S/C13H20FNO4S/c1-9-11(14)5-10(7-16)6-12(9)20(17,18)15-8-13(2,3)19-4/h5-6,15-16H,7-8H2,1-4H3. The predicted molar refractivity (Wildman–Crippen MR) is 73.3 cm³/mol. The maximum atomic E-state index is 13.7. The van der Waals surface area contributed by atoms with Crippen LogP contribution in [0.5, 0.6) is 0 Å². The lowest BCUT2D eigenvalue weighted by atomic mass is 10.1. The van der Waals surface area contributed by atoms with Crippen LogP contribution in [0.15, 0.2) is 17.0 Å². The smallest absolute Gasteiger partial charge is 0.241 e.